The zero-order valence-electron chi connectivity index (χ0n) is 35.5. The Kier molecular flexibility index (Phi) is 22.8. The number of carbonyl (C=O) groups excluding carboxylic acids is 10. The van der Waals surface area contributed by atoms with Gasteiger partial charge in [-0.1, -0.05) is 58.0 Å². The van der Waals surface area contributed by atoms with Gasteiger partial charge in [-0.25, -0.2) is 0 Å². The van der Waals surface area contributed by atoms with Crippen LogP contribution >= 0.6 is 0 Å². The Balaban J connectivity index is 3.31. The smallest absolute Gasteiger partial charge is 0.245 e. The SMILES string of the molecule is CC(C)[C@H](NC(=O)CN)C(=O)N[C@H](C(=O)N[C@@H](Cc1ccccc1)C(=O)N[C@@H](CCC(N)=O)C(=O)N[C@@H](CO)C(=O)N[C@@H](C)C(=O)N[C@H](C(=O)N[C@@H](C)C=O)C(C)C)[C@@H](C)O. The fourth-order valence-corrected chi connectivity index (χ4v) is 5.57. The number of nitrogens with one attached hydrogen (secondary N) is 8. The van der Waals surface area contributed by atoms with Crippen LogP contribution in [0.4, 0.5) is 0 Å². The molecule has 22 heteroatoms. The zero-order valence-corrected chi connectivity index (χ0v) is 35.5. The van der Waals surface area contributed by atoms with E-state index in [2.05, 4.69) is 42.5 Å². The van der Waals surface area contributed by atoms with E-state index in [-0.39, 0.29) is 6.42 Å². The summed E-state index contributed by atoms with van der Waals surface area (Å²) < 4.78 is 0. The number of benzene rings is 1. The highest BCUT2D eigenvalue weighted by Gasteiger charge is 2.35. The number of hydrogen-bond acceptors (Lipinski definition) is 13. The molecule has 0 aliphatic carbocycles. The van der Waals surface area contributed by atoms with Crippen LogP contribution in [0.15, 0.2) is 30.3 Å². The van der Waals surface area contributed by atoms with E-state index in [1.165, 1.54) is 20.8 Å². The van der Waals surface area contributed by atoms with Crippen molar-refractivity contribution in [3.63, 3.8) is 0 Å². The first-order valence-electron chi connectivity index (χ1n) is 19.7. The number of hydrogen-bond donors (Lipinski definition) is 12. The first-order valence-corrected chi connectivity index (χ1v) is 19.7. The average molecular weight is 863 g/mol. The van der Waals surface area contributed by atoms with E-state index >= 15 is 0 Å². The molecule has 1 aromatic carbocycles. The second-order valence-corrected chi connectivity index (χ2v) is 15.2. The van der Waals surface area contributed by atoms with Crippen molar-refractivity contribution in [3.8, 4) is 0 Å². The summed E-state index contributed by atoms with van der Waals surface area (Å²) >= 11 is 0. The van der Waals surface area contributed by atoms with Crippen LogP contribution < -0.4 is 54.0 Å². The van der Waals surface area contributed by atoms with Gasteiger partial charge in [-0.05, 0) is 44.6 Å². The maximum absolute atomic E-state index is 13.9. The Morgan fingerprint density at radius 2 is 1.08 bits per heavy atom. The summed E-state index contributed by atoms with van der Waals surface area (Å²) in [5.41, 5.74) is 11.2. The molecule has 9 amide bonds. The number of nitrogens with two attached hydrogens (primary N) is 2. The predicted molar refractivity (Wildman–Crippen MR) is 219 cm³/mol. The lowest BCUT2D eigenvalue weighted by Crippen LogP contribution is -2.62. The van der Waals surface area contributed by atoms with Gasteiger partial charge < -0.3 is 69.0 Å². The number of aldehydes is 1. The van der Waals surface area contributed by atoms with Crippen molar-refractivity contribution in [1.82, 2.24) is 42.5 Å². The molecule has 0 aliphatic rings. The molecule has 0 fully saturated rings. The number of aliphatic hydroxyl groups is 2. The standard InChI is InChI=1S/C39H62N10O12/c1-19(2)30(47-29(54)16-40)38(60)49-32(23(7)52)39(61)45-26(15-24-11-9-8-10-12-24)35(57)44-25(13-14-28(41)53)34(56)46-27(18-51)36(58)43-22(6)33(55)48-31(20(3)4)37(59)42-21(5)17-50/h8-12,17,19-23,25-27,30-32,51-52H,13-16,18,40H2,1-7H3,(H2,41,53)(H,42,59)(H,43,58)(H,44,57)(H,45,61)(H,46,56)(H,47,54)(H,48,55)(H,49,60)/t21-,22-,23+,25-,26-,27-,30-,31-,32-/m0/s1. The highest BCUT2D eigenvalue weighted by molar-refractivity contribution is 5.98. The molecular formula is C39H62N10O12. The minimum absolute atomic E-state index is 0.179. The number of amides is 9. The van der Waals surface area contributed by atoms with Crippen LogP contribution in [-0.2, 0) is 54.4 Å². The molecule has 61 heavy (non-hydrogen) atoms. The van der Waals surface area contributed by atoms with Gasteiger partial charge in [0.25, 0.3) is 0 Å². The Bertz CT molecular complexity index is 1690. The minimum Gasteiger partial charge on any atom is -0.394 e. The third-order valence-corrected chi connectivity index (χ3v) is 9.13. The molecule has 9 atom stereocenters. The van der Waals surface area contributed by atoms with E-state index in [9.17, 15) is 58.2 Å². The number of carbonyl (C=O) groups is 10. The van der Waals surface area contributed by atoms with E-state index in [0.717, 1.165) is 0 Å². The lowest BCUT2D eigenvalue weighted by Gasteiger charge is -2.29. The monoisotopic (exact) mass is 862 g/mol. The second kappa shape index (κ2) is 26.3. The molecule has 1 rings (SSSR count). The van der Waals surface area contributed by atoms with Gasteiger partial charge in [-0.15, -0.1) is 0 Å². The van der Waals surface area contributed by atoms with Crippen molar-refractivity contribution < 1.29 is 58.2 Å². The molecule has 22 nitrogen and oxygen atoms in total. The van der Waals surface area contributed by atoms with Crippen LogP contribution in [0.3, 0.4) is 0 Å². The van der Waals surface area contributed by atoms with Crippen LogP contribution in [0.5, 0.6) is 0 Å². The normalized spacial score (nSPS) is 15.5. The maximum Gasteiger partial charge on any atom is 0.245 e. The minimum atomic E-state index is -1.70. The highest BCUT2D eigenvalue weighted by Crippen LogP contribution is 2.09. The molecule has 0 heterocycles. The molecule has 0 radical (unpaired) electrons. The first kappa shape index (κ1) is 53.0. The molecule has 0 aromatic heterocycles. The summed E-state index contributed by atoms with van der Waals surface area (Å²) in [6.45, 7) is 9.08. The molecule has 0 unspecified atom stereocenters. The third-order valence-electron chi connectivity index (χ3n) is 9.13. The summed E-state index contributed by atoms with van der Waals surface area (Å²) in [7, 11) is 0. The number of rotatable bonds is 26. The van der Waals surface area contributed by atoms with Gasteiger partial charge in [0.05, 0.1) is 25.3 Å². The quantitative estimate of drug-likeness (QED) is 0.0390. The topological polar surface area (TPSA) is 359 Å². The van der Waals surface area contributed by atoms with Gasteiger partial charge >= 0.3 is 0 Å². The average Bonchev–Trinajstić information content (AvgIpc) is 3.20. The summed E-state index contributed by atoms with van der Waals surface area (Å²) in [5.74, 6) is -8.77. The van der Waals surface area contributed by atoms with Gasteiger partial charge in [0.1, 0.15) is 48.6 Å². The lowest BCUT2D eigenvalue weighted by atomic mass is 10.0. The Hall–Kier alpha value is -6.00. The van der Waals surface area contributed by atoms with E-state index < -0.39 is 145 Å². The van der Waals surface area contributed by atoms with Crippen LogP contribution in [0.25, 0.3) is 0 Å². The van der Waals surface area contributed by atoms with Crippen molar-refractivity contribution in [3.05, 3.63) is 35.9 Å². The molecule has 0 saturated carbocycles. The molecule has 0 aliphatic heterocycles. The Morgan fingerprint density at radius 1 is 0.607 bits per heavy atom. The van der Waals surface area contributed by atoms with Crippen LogP contribution in [0.1, 0.15) is 66.9 Å². The molecule has 340 valence electrons. The van der Waals surface area contributed by atoms with E-state index in [1.54, 1.807) is 58.0 Å². The fourth-order valence-electron chi connectivity index (χ4n) is 5.57. The van der Waals surface area contributed by atoms with Crippen molar-refractivity contribution in [1.29, 1.82) is 0 Å². The van der Waals surface area contributed by atoms with Gasteiger partial charge in [0.15, 0.2) is 0 Å². The van der Waals surface area contributed by atoms with Crippen molar-refractivity contribution in [2.75, 3.05) is 13.2 Å². The summed E-state index contributed by atoms with van der Waals surface area (Å²) in [6, 6.07) is -2.47. The summed E-state index contributed by atoms with van der Waals surface area (Å²) in [6.07, 6.45) is -2.03. The Morgan fingerprint density at radius 3 is 1.59 bits per heavy atom. The van der Waals surface area contributed by atoms with Gasteiger partial charge in [0.2, 0.25) is 53.2 Å². The van der Waals surface area contributed by atoms with Crippen LogP contribution in [-0.4, -0.2) is 137 Å². The predicted octanol–water partition coefficient (Wildman–Crippen LogP) is -4.74. The van der Waals surface area contributed by atoms with Crippen molar-refractivity contribution in [2.24, 2.45) is 23.3 Å². The summed E-state index contributed by atoms with van der Waals surface area (Å²) in [5, 5.41) is 39.9. The molecule has 14 N–H and O–H groups in total. The van der Waals surface area contributed by atoms with E-state index in [4.69, 9.17) is 11.5 Å². The van der Waals surface area contributed by atoms with E-state index in [1.807, 2.05) is 0 Å². The molecule has 1 aromatic rings. The second-order valence-electron chi connectivity index (χ2n) is 15.2. The third kappa shape index (κ3) is 18.4. The summed E-state index contributed by atoms with van der Waals surface area (Å²) in [4.78, 5) is 128. The van der Waals surface area contributed by atoms with E-state index in [0.29, 0.717) is 11.8 Å². The van der Waals surface area contributed by atoms with Crippen LogP contribution in [0, 0.1) is 11.8 Å². The zero-order chi connectivity index (χ0) is 46.6. The molecular weight excluding hydrogens is 800 g/mol. The van der Waals surface area contributed by atoms with Gasteiger partial charge in [-0.3, -0.25) is 43.2 Å². The number of primary amides is 1. The largest absolute Gasteiger partial charge is 0.394 e. The van der Waals surface area contributed by atoms with Crippen molar-refractivity contribution in [2.45, 2.75) is 122 Å². The lowest BCUT2D eigenvalue weighted by molar-refractivity contribution is -0.137. The van der Waals surface area contributed by atoms with Gasteiger partial charge in [-0.2, -0.15) is 0 Å². The number of aliphatic hydroxyl groups excluding tert-OH is 2. The fraction of sp³-hybridized carbons (Fsp3) is 0.590. The van der Waals surface area contributed by atoms with Crippen LogP contribution in [0.2, 0.25) is 0 Å². The molecule has 0 bridgehead atoms. The Labute approximate surface area is 354 Å². The molecule has 0 saturated heterocycles. The first-order chi connectivity index (χ1) is 28.6. The maximum atomic E-state index is 13.9. The highest BCUT2D eigenvalue weighted by atomic mass is 16.3. The van der Waals surface area contributed by atoms with Crippen molar-refractivity contribution >= 4 is 59.5 Å². The van der Waals surface area contributed by atoms with Gasteiger partial charge in [0, 0.05) is 12.8 Å². The molecule has 0 spiro atoms.